The number of carbonyl (C=O) groups is 2. The van der Waals surface area contributed by atoms with E-state index in [1.54, 1.807) is 0 Å². The summed E-state index contributed by atoms with van der Waals surface area (Å²) in [5, 5.41) is 3.32. The Morgan fingerprint density at radius 3 is 2.19 bits per heavy atom. The van der Waals surface area contributed by atoms with Gasteiger partial charge in [0, 0.05) is 45.0 Å². The maximum Gasteiger partial charge on any atom is 0.249 e. The van der Waals surface area contributed by atoms with E-state index in [-0.39, 0.29) is 17.7 Å². The topological polar surface area (TPSA) is 55.9 Å². The molecule has 2 heterocycles. The normalized spacial score (nSPS) is 25.3. The number of benzene rings is 1. The fourth-order valence-electron chi connectivity index (χ4n) is 6.83. The highest BCUT2D eigenvalue weighted by Gasteiger charge is 2.59. The van der Waals surface area contributed by atoms with E-state index in [2.05, 4.69) is 60.2 Å². The van der Waals surface area contributed by atoms with Gasteiger partial charge < -0.3 is 15.1 Å². The van der Waals surface area contributed by atoms with Gasteiger partial charge in [0.15, 0.2) is 0 Å². The van der Waals surface area contributed by atoms with Gasteiger partial charge in [-0.15, -0.1) is 0 Å². The number of nitrogens with zero attached hydrogens (tertiary/aromatic N) is 3. The Bertz CT molecular complexity index is 883. The summed E-state index contributed by atoms with van der Waals surface area (Å²) in [7, 11) is 0. The van der Waals surface area contributed by atoms with Crippen molar-refractivity contribution in [3.63, 3.8) is 0 Å². The summed E-state index contributed by atoms with van der Waals surface area (Å²) < 4.78 is 0. The fourth-order valence-corrected chi connectivity index (χ4v) is 6.83. The fraction of sp³-hybridized carbons (Fsp3) is 0.733. The Morgan fingerprint density at radius 1 is 0.972 bits per heavy atom. The lowest BCUT2D eigenvalue weighted by Crippen LogP contribution is -2.78. The molecule has 0 aromatic heterocycles. The number of piperazine rings is 1. The predicted molar refractivity (Wildman–Crippen MR) is 147 cm³/mol. The SMILES string of the molecule is CCCCN1C(=O)C(C)(C2CCCCC2)NC(=O)C12CCN(Cc1ccc(N(CC)CC)cc1)CC2. The molecule has 1 aromatic rings. The zero-order valence-electron chi connectivity index (χ0n) is 23.2. The van der Waals surface area contributed by atoms with E-state index in [1.165, 1.54) is 17.7 Å². The van der Waals surface area contributed by atoms with Crippen LogP contribution in [0, 0.1) is 5.92 Å². The van der Waals surface area contributed by atoms with E-state index in [1.807, 2.05) is 11.8 Å². The highest BCUT2D eigenvalue weighted by atomic mass is 16.2. The van der Waals surface area contributed by atoms with Crippen LogP contribution in [0.5, 0.6) is 0 Å². The van der Waals surface area contributed by atoms with Crippen LogP contribution < -0.4 is 10.2 Å². The minimum atomic E-state index is -0.750. The lowest BCUT2D eigenvalue weighted by atomic mass is 9.70. The Morgan fingerprint density at radius 2 is 1.61 bits per heavy atom. The van der Waals surface area contributed by atoms with Gasteiger partial charge in [0.05, 0.1) is 0 Å². The predicted octanol–water partition coefficient (Wildman–Crippen LogP) is 4.96. The third-order valence-corrected chi connectivity index (χ3v) is 9.31. The second-order valence-corrected chi connectivity index (χ2v) is 11.4. The van der Waals surface area contributed by atoms with E-state index in [0.717, 1.165) is 71.2 Å². The van der Waals surface area contributed by atoms with Gasteiger partial charge in [0.1, 0.15) is 11.1 Å². The smallest absolute Gasteiger partial charge is 0.249 e. The highest BCUT2D eigenvalue weighted by molar-refractivity contribution is 6.02. The Balaban J connectivity index is 1.46. The van der Waals surface area contributed by atoms with Crippen molar-refractivity contribution in [2.45, 2.75) is 103 Å². The van der Waals surface area contributed by atoms with Crippen LogP contribution in [0.3, 0.4) is 0 Å². The molecular formula is C30H48N4O2. The summed E-state index contributed by atoms with van der Waals surface area (Å²) >= 11 is 0. The Kier molecular flexibility index (Phi) is 8.64. The van der Waals surface area contributed by atoms with Gasteiger partial charge >= 0.3 is 0 Å². The van der Waals surface area contributed by atoms with Crippen molar-refractivity contribution in [1.29, 1.82) is 0 Å². The number of carbonyl (C=O) groups excluding carboxylic acids is 2. The summed E-state index contributed by atoms with van der Waals surface area (Å²) in [5.41, 5.74) is 1.13. The first-order chi connectivity index (χ1) is 17.4. The van der Waals surface area contributed by atoms with Crippen LogP contribution in [0.25, 0.3) is 0 Å². The molecule has 6 heteroatoms. The second kappa shape index (κ2) is 11.5. The van der Waals surface area contributed by atoms with Gasteiger partial charge in [0.2, 0.25) is 11.8 Å². The monoisotopic (exact) mass is 496 g/mol. The van der Waals surface area contributed by atoms with E-state index < -0.39 is 11.1 Å². The minimum absolute atomic E-state index is 0.0921. The number of piperidine rings is 1. The van der Waals surface area contributed by atoms with Gasteiger partial charge in [-0.2, -0.15) is 0 Å². The first-order valence-electron chi connectivity index (χ1n) is 14.6. The molecule has 1 aromatic carbocycles. The standard InChI is InChI=1S/C30H48N4O2/c1-5-8-20-34-28(36)29(4,25-12-10-9-11-13-25)31-27(35)30(34)18-21-32(22-19-30)23-24-14-16-26(17-15-24)33(6-2)7-3/h14-17,25H,5-13,18-23H2,1-4H3,(H,31,35). The first-order valence-corrected chi connectivity index (χ1v) is 14.6. The van der Waals surface area contributed by atoms with Gasteiger partial charge in [0.25, 0.3) is 0 Å². The number of likely N-dealkylation sites (tertiary alicyclic amines) is 1. The second-order valence-electron chi connectivity index (χ2n) is 11.4. The lowest BCUT2D eigenvalue weighted by Gasteiger charge is -2.56. The van der Waals surface area contributed by atoms with Crippen molar-refractivity contribution < 1.29 is 9.59 Å². The number of nitrogens with one attached hydrogen (secondary N) is 1. The van der Waals surface area contributed by atoms with Crippen molar-refractivity contribution in [3.05, 3.63) is 29.8 Å². The summed E-state index contributed by atoms with van der Waals surface area (Å²) in [6, 6.07) is 8.91. The molecule has 0 bridgehead atoms. The molecule has 3 fully saturated rings. The van der Waals surface area contributed by atoms with Crippen LogP contribution in [-0.2, 0) is 16.1 Å². The number of hydrogen-bond donors (Lipinski definition) is 1. The number of unbranched alkanes of at least 4 members (excludes halogenated alkanes) is 1. The third kappa shape index (κ3) is 5.16. The zero-order valence-corrected chi connectivity index (χ0v) is 23.2. The van der Waals surface area contributed by atoms with Crippen LogP contribution in [0.1, 0.15) is 91.0 Å². The van der Waals surface area contributed by atoms with Crippen LogP contribution in [-0.4, -0.2) is 65.4 Å². The van der Waals surface area contributed by atoms with Gasteiger partial charge in [-0.25, -0.2) is 0 Å². The van der Waals surface area contributed by atoms with Gasteiger partial charge in [-0.1, -0.05) is 44.7 Å². The molecule has 4 rings (SSSR count). The minimum Gasteiger partial charge on any atom is -0.372 e. The number of hydrogen-bond acceptors (Lipinski definition) is 4. The van der Waals surface area contributed by atoms with Crippen molar-refractivity contribution in [2.75, 3.05) is 37.6 Å². The lowest BCUT2D eigenvalue weighted by molar-refractivity contribution is -0.169. The van der Waals surface area contributed by atoms with Crippen molar-refractivity contribution in [3.8, 4) is 0 Å². The molecule has 6 nitrogen and oxygen atoms in total. The summed E-state index contributed by atoms with van der Waals surface area (Å²) in [6.07, 6.45) is 9.05. The number of anilines is 1. The van der Waals surface area contributed by atoms with E-state index in [9.17, 15) is 9.59 Å². The molecule has 1 aliphatic carbocycles. The van der Waals surface area contributed by atoms with E-state index in [4.69, 9.17) is 0 Å². The largest absolute Gasteiger partial charge is 0.372 e. The van der Waals surface area contributed by atoms with Crippen LogP contribution >= 0.6 is 0 Å². The maximum atomic E-state index is 14.1. The first kappa shape index (κ1) is 27.0. The van der Waals surface area contributed by atoms with Gasteiger partial charge in [-0.3, -0.25) is 14.5 Å². The van der Waals surface area contributed by atoms with Crippen LogP contribution in [0.2, 0.25) is 0 Å². The quantitative estimate of drug-likeness (QED) is 0.525. The molecule has 2 amide bonds. The summed E-state index contributed by atoms with van der Waals surface area (Å²) in [6.45, 7) is 13.8. The molecule has 1 unspecified atom stereocenters. The van der Waals surface area contributed by atoms with E-state index in [0.29, 0.717) is 19.4 Å². The van der Waals surface area contributed by atoms with Gasteiger partial charge in [-0.05, 0) is 76.5 Å². The van der Waals surface area contributed by atoms with Crippen molar-refractivity contribution in [2.24, 2.45) is 5.92 Å². The van der Waals surface area contributed by atoms with Crippen LogP contribution in [0.4, 0.5) is 5.69 Å². The molecular weight excluding hydrogens is 448 g/mol. The summed E-state index contributed by atoms with van der Waals surface area (Å²) in [5.74, 6) is 0.515. The third-order valence-electron chi connectivity index (χ3n) is 9.31. The molecule has 2 aliphatic heterocycles. The van der Waals surface area contributed by atoms with E-state index >= 15 is 0 Å². The molecule has 2 saturated heterocycles. The maximum absolute atomic E-state index is 14.1. The van der Waals surface area contributed by atoms with Crippen LogP contribution in [0.15, 0.2) is 24.3 Å². The molecule has 1 atom stereocenters. The average Bonchev–Trinajstić information content (AvgIpc) is 2.91. The molecule has 1 spiro atoms. The zero-order chi connectivity index (χ0) is 25.8. The average molecular weight is 497 g/mol. The summed E-state index contributed by atoms with van der Waals surface area (Å²) in [4.78, 5) is 34.8. The Hall–Kier alpha value is -2.08. The molecule has 1 saturated carbocycles. The Labute approximate surface area is 218 Å². The molecule has 200 valence electrons. The molecule has 0 radical (unpaired) electrons. The van der Waals surface area contributed by atoms with Crippen molar-refractivity contribution >= 4 is 17.5 Å². The molecule has 36 heavy (non-hydrogen) atoms. The van der Waals surface area contributed by atoms with Crippen molar-refractivity contribution in [1.82, 2.24) is 15.1 Å². The highest BCUT2D eigenvalue weighted by Crippen LogP contribution is 2.41. The number of amides is 2. The molecule has 3 aliphatic rings. The number of rotatable bonds is 9. The molecule has 1 N–H and O–H groups in total.